The molecule has 0 spiro atoms. The average molecular weight is 344 g/mol. The van der Waals surface area contributed by atoms with Crippen LogP contribution in [0, 0.1) is 5.82 Å². The lowest BCUT2D eigenvalue weighted by molar-refractivity contribution is -0.125. The van der Waals surface area contributed by atoms with Gasteiger partial charge in [0.25, 0.3) is 5.91 Å². The van der Waals surface area contributed by atoms with Crippen molar-refractivity contribution in [1.82, 2.24) is 0 Å². The minimum absolute atomic E-state index is 0.195. The quantitative estimate of drug-likeness (QED) is 0.905. The lowest BCUT2D eigenvalue weighted by Crippen LogP contribution is -2.28. The van der Waals surface area contributed by atoms with E-state index in [2.05, 4.69) is 10.5 Å². The topological polar surface area (TPSA) is 69.2 Å². The second kappa shape index (κ2) is 7.21. The molecule has 1 heterocycles. The summed E-state index contributed by atoms with van der Waals surface area (Å²) in [6, 6.07) is 11.3. The van der Waals surface area contributed by atoms with E-state index >= 15 is 0 Å². The van der Waals surface area contributed by atoms with Gasteiger partial charge < -0.3 is 19.6 Å². The molecule has 1 amide bonds. The van der Waals surface area contributed by atoms with Crippen LogP contribution in [0.15, 0.2) is 47.6 Å². The maximum absolute atomic E-state index is 13.8. The molecule has 1 aliphatic heterocycles. The number of hydrogen-bond donors (Lipinski definition) is 1. The van der Waals surface area contributed by atoms with Crippen molar-refractivity contribution in [2.24, 2.45) is 5.16 Å². The zero-order chi connectivity index (χ0) is 17.8. The SMILES string of the molecule is COc1ccc(NC(=O)[C@@H]2CC(c3ccccc3F)=NO2)cc1OC. The summed E-state index contributed by atoms with van der Waals surface area (Å²) in [6.07, 6.45) is -0.622. The van der Waals surface area contributed by atoms with Crippen LogP contribution < -0.4 is 14.8 Å². The second-order valence-electron chi connectivity index (χ2n) is 5.38. The molecule has 0 saturated carbocycles. The van der Waals surface area contributed by atoms with Gasteiger partial charge in [-0.25, -0.2) is 4.39 Å². The number of carbonyl (C=O) groups is 1. The smallest absolute Gasteiger partial charge is 0.268 e. The van der Waals surface area contributed by atoms with Crippen LogP contribution in [-0.4, -0.2) is 31.9 Å². The Kier molecular flexibility index (Phi) is 4.83. The summed E-state index contributed by atoms with van der Waals surface area (Å²) < 4.78 is 24.2. The van der Waals surface area contributed by atoms with Gasteiger partial charge in [-0.3, -0.25) is 4.79 Å². The average Bonchev–Trinajstić information content (AvgIpc) is 3.12. The van der Waals surface area contributed by atoms with Crippen molar-refractivity contribution in [3.05, 3.63) is 53.8 Å². The molecular formula is C18H17FN2O4. The van der Waals surface area contributed by atoms with Crippen LogP contribution in [0.2, 0.25) is 0 Å². The Morgan fingerprint density at radius 3 is 2.68 bits per heavy atom. The number of halogens is 1. The molecule has 0 aromatic heterocycles. The molecule has 0 radical (unpaired) electrons. The highest BCUT2D eigenvalue weighted by molar-refractivity contribution is 6.06. The first-order valence-corrected chi connectivity index (χ1v) is 7.63. The predicted octanol–water partition coefficient (Wildman–Crippen LogP) is 2.97. The number of ether oxygens (including phenoxy) is 2. The second-order valence-corrected chi connectivity index (χ2v) is 5.38. The van der Waals surface area contributed by atoms with Crippen molar-refractivity contribution in [1.29, 1.82) is 0 Å². The Balaban J connectivity index is 1.67. The van der Waals surface area contributed by atoms with E-state index in [4.69, 9.17) is 14.3 Å². The molecule has 0 aliphatic carbocycles. The number of methoxy groups -OCH3 is 2. The van der Waals surface area contributed by atoms with E-state index in [1.54, 1.807) is 36.4 Å². The van der Waals surface area contributed by atoms with E-state index in [1.165, 1.54) is 20.3 Å². The van der Waals surface area contributed by atoms with E-state index in [9.17, 15) is 9.18 Å². The Morgan fingerprint density at radius 2 is 1.96 bits per heavy atom. The monoisotopic (exact) mass is 344 g/mol. The van der Waals surface area contributed by atoms with E-state index in [1.807, 2.05) is 0 Å². The van der Waals surface area contributed by atoms with Gasteiger partial charge in [-0.15, -0.1) is 0 Å². The molecule has 3 rings (SSSR count). The largest absolute Gasteiger partial charge is 0.493 e. The van der Waals surface area contributed by atoms with Gasteiger partial charge in [0.1, 0.15) is 5.82 Å². The zero-order valence-corrected chi connectivity index (χ0v) is 13.8. The van der Waals surface area contributed by atoms with Crippen LogP contribution in [0.25, 0.3) is 0 Å². The standard InChI is InChI=1S/C18H17FN2O4/c1-23-15-8-7-11(9-16(15)24-2)20-18(22)17-10-14(21-25-17)12-5-3-4-6-13(12)19/h3-9,17H,10H2,1-2H3,(H,20,22)/t17-/m0/s1. The van der Waals surface area contributed by atoms with Crippen molar-refractivity contribution in [3.8, 4) is 11.5 Å². The number of anilines is 1. The van der Waals surface area contributed by atoms with Gasteiger partial charge in [0, 0.05) is 23.7 Å². The molecule has 2 aromatic rings. The molecule has 0 unspecified atom stereocenters. The molecule has 1 atom stereocenters. The number of carbonyl (C=O) groups excluding carboxylic acids is 1. The fraction of sp³-hybridized carbons (Fsp3) is 0.222. The number of benzene rings is 2. The van der Waals surface area contributed by atoms with Crippen LogP contribution in [-0.2, 0) is 9.63 Å². The van der Waals surface area contributed by atoms with Gasteiger partial charge in [-0.05, 0) is 18.2 Å². The fourth-order valence-corrected chi connectivity index (χ4v) is 2.51. The lowest BCUT2D eigenvalue weighted by atomic mass is 10.0. The zero-order valence-electron chi connectivity index (χ0n) is 13.8. The molecule has 25 heavy (non-hydrogen) atoms. The minimum Gasteiger partial charge on any atom is -0.493 e. The van der Waals surface area contributed by atoms with Crippen molar-refractivity contribution >= 4 is 17.3 Å². The molecule has 7 heteroatoms. The highest BCUT2D eigenvalue weighted by atomic mass is 19.1. The molecule has 1 aliphatic rings. The van der Waals surface area contributed by atoms with Gasteiger partial charge in [0.2, 0.25) is 6.10 Å². The maximum Gasteiger partial charge on any atom is 0.268 e. The van der Waals surface area contributed by atoms with E-state index in [-0.39, 0.29) is 12.3 Å². The van der Waals surface area contributed by atoms with Crippen LogP contribution in [0.3, 0.4) is 0 Å². The fourth-order valence-electron chi connectivity index (χ4n) is 2.51. The Labute approximate surface area is 144 Å². The van der Waals surface area contributed by atoms with Crippen molar-refractivity contribution < 1.29 is 23.5 Å². The summed E-state index contributed by atoms with van der Waals surface area (Å²) in [5, 5.41) is 6.57. The van der Waals surface area contributed by atoms with Crippen LogP contribution in [0.1, 0.15) is 12.0 Å². The van der Waals surface area contributed by atoms with Gasteiger partial charge in [0.05, 0.1) is 19.9 Å². The Bertz CT molecular complexity index is 822. The Morgan fingerprint density at radius 1 is 1.20 bits per heavy atom. The highest BCUT2D eigenvalue weighted by Gasteiger charge is 2.30. The summed E-state index contributed by atoms with van der Waals surface area (Å²) in [5.41, 5.74) is 1.28. The summed E-state index contributed by atoms with van der Waals surface area (Å²) in [4.78, 5) is 17.5. The molecule has 0 fully saturated rings. The van der Waals surface area contributed by atoms with Gasteiger partial charge >= 0.3 is 0 Å². The maximum atomic E-state index is 13.8. The van der Waals surface area contributed by atoms with E-state index < -0.39 is 11.9 Å². The molecule has 2 aromatic carbocycles. The molecular weight excluding hydrogens is 327 g/mol. The molecule has 6 nitrogen and oxygen atoms in total. The first-order chi connectivity index (χ1) is 12.1. The third-order valence-electron chi connectivity index (χ3n) is 3.80. The van der Waals surface area contributed by atoms with E-state index in [0.717, 1.165) is 0 Å². The van der Waals surface area contributed by atoms with Crippen molar-refractivity contribution in [3.63, 3.8) is 0 Å². The highest BCUT2D eigenvalue weighted by Crippen LogP contribution is 2.30. The van der Waals surface area contributed by atoms with Crippen LogP contribution in [0.4, 0.5) is 10.1 Å². The number of oxime groups is 1. The minimum atomic E-state index is -0.817. The first kappa shape index (κ1) is 16.8. The number of rotatable bonds is 5. The van der Waals surface area contributed by atoms with Crippen molar-refractivity contribution in [2.75, 3.05) is 19.5 Å². The molecule has 0 bridgehead atoms. The number of hydrogen-bond acceptors (Lipinski definition) is 5. The van der Waals surface area contributed by atoms with E-state index in [0.29, 0.717) is 28.5 Å². The lowest BCUT2D eigenvalue weighted by Gasteiger charge is -2.12. The number of amides is 1. The summed E-state index contributed by atoms with van der Waals surface area (Å²) >= 11 is 0. The number of nitrogens with one attached hydrogen (secondary N) is 1. The summed E-state index contributed by atoms with van der Waals surface area (Å²) in [7, 11) is 3.04. The van der Waals surface area contributed by atoms with Crippen molar-refractivity contribution in [2.45, 2.75) is 12.5 Å². The molecule has 0 saturated heterocycles. The number of nitrogens with zero attached hydrogens (tertiary/aromatic N) is 1. The molecule has 1 N–H and O–H groups in total. The predicted molar refractivity (Wildman–Crippen MR) is 90.6 cm³/mol. The third kappa shape index (κ3) is 3.55. The van der Waals surface area contributed by atoms with Crippen LogP contribution >= 0.6 is 0 Å². The van der Waals surface area contributed by atoms with Gasteiger partial charge in [-0.2, -0.15) is 0 Å². The van der Waals surface area contributed by atoms with Gasteiger partial charge in [-0.1, -0.05) is 23.4 Å². The summed E-state index contributed by atoms with van der Waals surface area (Å²) in [5.74, 6) is 0.284. The third-order valence-corrected chi connectivity index (χ3v) is 3.80. The Hall–Kier alpha value is -3.09. The van der Waals surface area contributed by atoms with Crippen LogP contribution in [0.5, 0.6) is 11.5 Å². The normalized spacial score (nSPS) is 16.0. The molecule has 130 valence electrons. The van der Waals surface area contributed by atoms with Gasteiger partial charge in [0.15, 0.2) is 11.5 Å². The first-order valence-electron chi connectivity index (χ1n) is 7.63. The summed E-state index contributed by atoms with van der Waals surface area (Å²) in [6.45, 7) is 0.